The molecular formula is C29H23FN2O3. The smallest absolute Gasteiger partial charge is 0.311 e. The van der Waals surface area contributed by atoms with Gasteiger partial charge in [-0.25, -0.2) is 4.39 Å². The number of allylic oxidation sites excluding steroid dienone is 1. The van der Waals surface area contributed by atoms with Crippen molar-refractivity contribution in [2.75, 3.05) is 11.9 Å². The summed E-state index contributed by atoms with van der Waals surface area (Å²) in [7, 11) is 0. The van der Waals surface area contributed by atoms with Crippen LogP contribution in [0.1, 0.15) is 24.0 Å². The summed E-state index contributed by atoms with van der Waals surface area (Å²) in [4.78, 5) is 16.3. The number of nitrogens with one attached hydrogen (secondary N) is 1. The van der Waals surface area contributed by atoms with Crippen LogP contribution < -0.4 is 5.32 Å². The summed E-state index contributed by atoms with van der Waals surface area (Å²) in [5.74, 6) is -0.414. The van der Waals surface area contributed by atoms with Crippen molar-refractivity contribution in [3.8, 4) is 33.7 Å². The number of hydrogen-bond acceptors (Lipinski definition) is 4. The van der Waals surface area contributed by atoms with Gasteiger partial charge in [0, 0.05) is 17.7 Å². The van der Waals surface area contributed by atoms with Crippen molar-refractivity contribution >= 4 is 18.1 Å². The number of anilines is 1. The fraction of sp³-hybridized carbons (Fsp3) is 0.172. The molecule has 6 rings (SSSR count). The molecule has 0 saturated heterocycles. The minimum atomic E-state index is -0.792. The van der Waals surface area contributed by atoms with E-state index in [1.807, 2.05) is 36.4 Å². The molecule has 1 heterocycles. The number of aliphatic carboxylic acids is 1. The van der Waals surface area contributed by atoms with Crippen LogP contribution in [-0.2, 0) is 11.2 Å². The SMILES string of the molecule is O=C(O)C1(CNc2nc(-c3ccc(-c4ccc(F)cc4)cc3)c(-c3cccc4c3C=CC4)o2)CC1. The number of benzene rings is 3. The summed E-state index contributed by atoms with van der Waals surface area (Å²) in [6.45, 7) is 0.276. The van der Waals surface area contributed by atoms with Crippen molar-refractivity contribution in [3.05, 3.63) is 89.8 Å². The highest BCUT2D eigenvalue weighted by atomic mass is 19.1. The second kappa shape index (κ2) is 8.24. The fourth-order valence-corrected chi connectivity index (χ4v) is 4.59. The third kappa shape index (κ3) is 3.91. The van der Waals surface area contributed by atoms with Gasteiger partial charge in [-0.05, 0) is 53.6 Å². The lowest BCUT2D eigenvalue weighted by Gasteiger charge is -2.09. The Kier molecular flexibility index (Phi) is 5.02. The molecule has 4 aromatic rings. The van der Waals surface area contributed by atoms with Gasteiger partial charge in [0.25, 0.3) is 6.01 Å². The number of nitrogens with zero attached hydrogens (tertiary/aromatic N) is 1. The molecule has 174 valence electrons. The van der Waals surface area contributed by atoms with E-state index in [0.29, 0.717) is 30.3 Å². The van der Waals surface area contributed by atoms with Crippen molar-refractivity contribution in [3.63, 3.8) is 0 Å². The Hall–Kier alpha value is -4.19. The molecule has 5 nitrogen and oxygen atoms in total. The second-order valence-electron chi connectivity index (χ2n) is 9.20. The molecule has 2 aliphatic rings. The predicted octanol–water partition coefficient (Wildman–Crippen LogP) is 6.66. The van der Waals surface area contributed by atoms with Gasteiger partial charge in [-0.2, -0.15) is 4.98 Å². The quantitative estimate of drug-likeness (QED) is 0.319. The highest BCUT2D eigenvalue weighted by Crippen LogP contribution is 2.46. The van der Waals surface area contributed by atoms with Crippen molar-refractivity contribution in [1.82, 2.24) is 4.98 Å². The summed E-state index contributed by atoms with van der Waals surface area (Å²) < 4.78 is 19.5. The van der Waals surface area contributed by atoms with Crippen LogP contribution in [0.4, 0.5) is 10.4 Å². The Bertz CT molecular complexity index is 1450. The highest BCUT2D eigenvalue weighted by Gasteiger charge is 2.50. The van der Waals surface area contributed by atoms with Gasteiger partial charge in [-0.15, -0.1) is 0 Å². The molecular weight excluding hydrogens is 443 g/mol. The number of hydrogen-bond donors (Lipinski definition) is 2. The lowest BCUT2D eigenvalue weighted by Crippen LogP contribution is -2.24. The van der Waals surface area contributed by atoms with E-state index in [0.717, 1.165) is 34.2 Å². The van der Waals surface area contributed by atoms with Gasteiger partial charge in [-0.3, -0.25) is 4.79 Å². The third-order valence-corrected chi connectivity index (χ3v) is 6.91. The van der Waals surface area contributed by atoms with Crippen LogP contribution >= 0.6 is 0 Å². The molecule has 0 amide bonds. The van der Waals surface area contributed by atoms with Crippen LogP contribution in [0.2, 0.25) is 0 Å². The van der Waals surface area contributed by atoms with Crippen LogP contribution in [0.3, 0.4) is 0 Å². The molecule has 2 N–H and O–H groups in total. The molecule has 3 aromatic carbocycles. The first kappa shape index (κ1) is 21.4. The Morgan fingerprint density at radius 3 is 2.37 bits per heavy atom. The monoisotopic (exact) mass is 466 g/mol. The number of carbonyl (C=O) groups is 1. The van der Waals surface area contributed by atoms with Gasteiger partial charge in [0.2, 0.25) is 0 Å². The first-order valence-corrected chi connectivity index (χ1v) is 11.7. The molecule has 0 radical (unpaired) electrons. The molecule has 0 atom stereocenters. The van der Waals surface area contributed by atoms with Gasteiger partial charge in [-0.1, -0.05) is 66.7 Å². The molecule has 1 fully saturated rings. The third-order valence-electron chi connectivity index (χ3n) is 6.91. The zero-order chi connectivity index (χ0) is 24.0. The summed E-state index contributed by atoms with van der Waals surface area (Å²) in [5, 5.41) is 12.6. The lowest BCUT2D eigenvalue weighted by atomic mass is 9.97. The molecule has 6 heteroatoms. The number of fused-ring (bicyclic) bond motifs is 1. The molecule has 0 unspecified atom stereocenters. The number of aromatic nitrogens is 1. The molecule has 35 heavy (non-hydrogen) atoms. The Morgan fingerprint density at radius 1 is 1.00 bits per heavy atom. The molecule has 1 aromatic heterocycles. The Balaban J connectivity index is 1.38. The van der Waals surface area contributed by atoms with Gasteiger partial charge in [0.15, 0.2) is 5.76 Å². The number of rotatable bonds is 7. The number of carboxylic acids is 1. The maximum atomic E-state index is 13.3. The van der Waals surface area contributed by atoms with E-state index in [2.05, 4.69) is 23.5 Å². The number of oxazole rings is 1. The average molecular weight is 467 g/mol. The molecule has 0 bridgehead atoms. The number of halogens is 1. The zero-order valence-electron chi connectivity index (χ0n) is 18.9. The summed E-state index contributed by atoms with van der Waals surface area (Å²) in [6, 6.07) is 20.8. The second-order valence-corrected chi connectivity index (χ2v) is 9.20. The minimum Gasteiger partial charge on any atom is -0.481 e. The molecule has 2 aliphatic carbocycles. The average Bonchev–Trinajstić information content (AvgIpc) is 3.32. The van der Waals surface area contributed by atoms with Crippen LogP contribution in [0.25, 0.3) is 39.8 Å². The Morgan fingerprint density at radius 2 is 1.69 bits per heavy atom. The zero-order valence-corrected chi connectivity index (χ0v) is 18.9. The topological polar surface area (TPSA) is 75.4 Å². The van der Waals surface area contributed by atoms with E-state index < -0.39 is 11.4 Å². The summed E-state index contributed by atoms with van der Waals surface area (Å²) in [5.41, 5.74) is 6.02. The van der Waals surface area contributed by atoms with E-state index >= 15 is 0 Å². The summed E-state index contributed by atoms with van der Waals surface area (Å²) >= 11 is 0. The van der Waals surface area contributed by atoms with Crippen LogP contribution in [0.5, 0.6) is 0 Å². The maximum Gasteiger partial charge on any atom is 0.311 e. The van der Waals surface area contributed by atoms with Crippen LogP contribution in [0.15, 0.2) is 77.2 Å². The normalized spacial score (nSPS) is 15.1. The maximum absolute atomic E-state index is 13.3. The fourth-order valence-electron chi connectivity index (χ4n) is 4.59. The highest BCUT2D eigenvalue weighted by molar-refractivity contribution is 5.86. The summed E-state index contributed by atoms with van der Waals surface area (Å²) in [6.07, 6.45) is 6.41. The Labute approximate surface area is 202 Å². The van der Waals surface area contributed by atoms with Crippen molar-refractivity contribution in [2.24, 2.45) is 5.41 Å². The van der Waals surface area contributed by atoms with Crippen LogP contribution in [0, 0.1) is 11.2 Å². The molecule has 0 aliphatic heterocycles. The van der Waals surface area contributed by atoms with Crippen molar-refractivity contribution in [1.29, 1.82) is 0 Å². The van der Waals surface area contributed by atoms with Crippen molar-refractivity contribution in [2.45, 2.75) is 19.3 Å². The molecule has 0 spiro atoms. The first-order chi connectivity index (χ1) is 17.0. The van der Waals surface area contributed by atoms with E-state index in [1.165, 1.54) is 17.7 Å². The minimum absolute atomic E-state index is 0.266. The largest absolute Gasteiger partial charge is 0.481 e. The number of carboxylic acid groups (broad SMARTS) is 1. The van der Waals surface area contributed by atoms with E-state index in [-0.39, 0.29) is 12.4 Å². The van der Waals surface area contributed by atoms with Gasteiger partial charge < -0.3 is 14.8 Å². The van der Waals surface area contributed by atoms with E-state index in [9.17, 15) is 14.3 Å². The van der Waals surface area contributed by atoms with Crippen LogP contribution in [-0.4, -0.2) is 22.6 Å². The molecule has 1 saturated carbocycles. The standard InChI is InChI=1S/C29H23FN2O3/c30-22-13-11-19(12-14-22)18-7-9-21(10-8-18)25-26(24-6-2-4-20-3-1-5-23(20)24)35-28(32-25)31-17-29(15-16-29)27(33)34/h1-2,4-14H,3,15-17H2,(H,31,32)(H,33,34). The van der Waals surface area contributed by atoms with Gasteiger partial charge in [0.05, 0.1) is 5.41 Å². The van der Waals surface area contributed by atoms with Gasteiger partial charge in [0.1, 0.15) is 11.5 Å². The first-order valence-electron chi connectivity index (χ1n) is 11.7. The van der Waals surface area contributed by atoms with E-state index in [4.69, 9.17) is 9.40 Å². The van der Waals surface area contributed by atoms with Gasteiger partial charge >= 0.3 is 5.97 Å². The van der Waals surface area contributed by atoms with Crippen molar-refractivity contribution < 1.29 is 18.7 Å². The predicted molar refractivity (Wildman–Crippen MR) is 133 cm³/mol. The lowest BCUT2D eigenvalue weighted by molar-refractivity contribution is -0.142. The van der Waals surface area contributed by atoms with E-state index in [1.54, 1.807) is 12.1 Å².